The molecule has 1 aromatic rings. The Morgan fingerprint density at radius 3 is 2.50 bits per heavy atom. The first-order valence-corrected chi connectivity index (χ1v) is 6.25. The Labute approximate surface area is 109 Å². The normalized spacial score (nSPS) is 13.3. The number of rotatable bonds is 7. The van der Waals surface area contributed by atoms with E-state index in [1.165, 1.54) is 6.92 Å². The minimum atomic E-state index is -0.698. The molecule has 0 aromatic heterocycles. The van der Waals surface area contributed by atoms with E-state index >= 15 is 0 Å². The Kier molecular flexibility index (Phi) is 5.51. The van der Waals surface area contributed by atoms with Crippen LogP contribution in [0.3, 0.4) is 0 Å². The van der Waals surface area contributed by atoms with Gasteiger partial charge in [0.2, 0.25) is 0 Å². The average Bonchev–Trinajstić information content (AvgIpc) is 2.35. The third-order valence-electron chi connectivity index (χ3n) is 3.39. The van der Waals surface area contributed by atoms with Crippen molar-refractivity contribution in [3.8, 4) is 0 Å². The monoisotopic (exact) mass is 250 g/mol. The molecule has 0 radical (unpaired) electrons. The molecule has 0 saturated heterocycles. The lowest BCUT2D eigenvalue weighted by Gasteiger charge is -2.27. The standard InChI is InChI=1S/C15H22O3/c1-12(16)15(2,3)14(17)9-10-18-11-13-7-5-4-6-8-13/h4-8,14,17H,9-11H2,1-3H3. The summed E-state index contributed by atoms with van der Waals surface area (Å²) in [5.41, 5.74) is 0.411. The first-order chi connectivity index (χ1) is 8.44. The zero-order chi connectivity index (χ0) is 13.6. The van der Waals surface area contributed by atoms with Gasteiger partial charge in [0.25, 0.3) is 0 Å². The molecule has 0 aliphatic carbocycles. The van der Waals surface area contributed by atoms with E-state index in [9.17, 15) is 9.90 Å². The van der Waals surface area contributed by atoms with Gasteiger partial charge in [0, 0.05) is 12.0 Å². The summed E-state index contributed by atoms with van der Waals surface area (Å²) in [5.74, 6) is -0.00180. The summed E-state index contributed by atoms with van der Waals surface area (Å²) in [5, 5.41) is 9.94. The molecule has 1 rings (SSSR count). The topological polar surface area (TPSA) is 46.5 Å². The van der Waals surface area contributed by atoms with Crippen molar-refractivity contribution in [2.45, 2.75) is 39.9 Å². The molecule has 1 atom stereocenters. The van der Waals surface area contributed by atoms with Crippen LogP contribution in [-0.2, 0) is 16.1 Å². The van der Waals surface area contributed by atoms with Crippen molar-refractivity contribution in [2.75, 3.05) is 6.61 Å². The van der Waals surface area contributed by atoms with E-state index in [2.05, 4.69) is 0 Å². The van der Waals surface area contributed by atoms with Crippen molar-refractivity contribution in [1.29, 1.82) is 0 Å². The molecule has 0 amide bonds. The summed E-state index contributed by atoms with van der Waals surface area (Å²) in [7, 11) is 0. The van der Waals surface area contributed by atoms with Crippen LogP contribution in [0.2, 0.25) is 0 Å². The second kappa shape index (κ2) is 6.66. The number of ketones is 1. The molecule has 3 nitrogen and oxygen atoms in total. The van der Waals surface area contributed by atoms with E-state index in [0.29, 0.717) is 19.6 Å². The van der Waals surface area contributed by atoms with E-state index in [-0.39, 0.29) is 5.78 Å². The molecule has 3 heteroatoms. The fourth-order valence-corrected chi connectivity index (χ4v) is 1.55. The first kappa shape index (κ1) is 14.9. The fraction of sp³-hybridized carbons (Fsp3) is 0.533. The summed E-state index contributed by atoms with van der Waals surface area (Å²) >= 11 is 0. The van der Waals surface area contributed by atoms with Crippen LogP contribution in [0.4, 0.5) is 0 Å². The van der Waals surface area contributed by atoms with E-state index in [0.717, 1.165) is 5.56 Å². The van der Waals surface area contributed by atoms with Crippen LogP contribution in [0, 0.1) is 5.41 Å². The van der Waals surface area contributed by atoms with Gasteiger partial charge in [0.05, 0.1) is 12.7 Å². The van der Waals surface area contributed by atoms with Gasteiger partial charge < -0.3 is 9.84 Å². The zero-order valence-corrected chi connectivity index (χ0v) is 11.3. The average molecular weight is 250 g/mol. The third-order valence-corrected chi connectivity index (χ3v) is 3.39. The van der Waals surface area contributed by atoms with Crippen LogP contribution in [0.25, 0.3) is 0 Å². The molecular weight excluding hydrogens is 228 g/mol. The summed E-state index contributed by atoms with van der Waals surface area (Å²) in [6.45, 7) is 6.02. The highest BCUT2D eigenvalue weighted by Gasteiger charge is 2.32. The van der Waals surface area contributed by atoms with Crippen LogP contribution in [0.15, 0.2) is 30.3 Å². The molecule has 18 heavy (non-hydrogen) atoms. The molecular formula is C15H22O3. The number of Topliss-reactive ketones (excluding diaryl/α,β-unsaturated/α-hetero) is 1. The van der Waals surface area contributed by atoms with Crippen molar-refractivity contribution in [3.05, 3.63) is 35.9 Å². The minimum Gasteiger partial charge on any atom is -0.392 e. The Morgan fingerprint density at radius 2 is 1.94 bits per heavy atom. The van der Waals surface area contributed by atoms with Gasteiger partial charge in [-0.05, 0) is 18.9 Å². The third kappa shape index (κ3) is 4.24. The second-order valence-corrected chi connectivity index (χ2v) is 5.12. The highest BCUT2D eigenvalue weighted by molar-refractivity contribution is 5.82. The summed E-state index contributed by atoms with van der Waals surface area (Å²) in [4.78, 5) is 11.4. The van der Waals surface area contributed by atoms with Gasteiger partial charge in [0.1, 0.15) is 5.78 Å². The van der Waals surface area contributed by atoms with Gasteiger partial charge in [-0.1, -0.05) is 44.2 Å². The molecule has 0 heterocycles. The van der Waals surface area contributed by atoms with Crippen LogP contribution in [0.5, 0.6) is 0 Å². The maximum Gasteiger partial charge on any atom is 0.137 e. The highest BCUT2D eigenvalue weighted by atomic mass is 16.5. The van der Waals surface area contributed by atoms with Crippen molar-refractivity contribution in [2.24, 2.45) is 5.41 Å². The van der Waals surface area contributed by atoms with Crippen molar-refractivity contribution >= 4 is 5.78 Å². The van der Waals surface area contributed by atoms with Gasteiger partial charge in [-0.15, -0.1) is 0 Å². The number of aliphatic hydroxyl groups is 1. The minimum absolute atomic E-state index is 0.00180. The quantitative estimate of drug-likeness (QED) is 0.756. The predicted molar refractivity (Wildman–Crippen MR) is 71.2 cm³/mol. The molecule has 0 aliphatic rings. The number of carbonyl (C=O) groups is 1. The van der Waals surface area contributed by atoms with Crippen molar-refractivity contribution in [3.63, 3.8) is 0 Å². The molecule has 0 saturated carbocycles. The molecule has 1 unspecified atom stereocenters. The summed E-state index contributed by atoms with van der Waals surface area (Å²) in [6, 6.07) is 9.88. The fourth-order valence-electron chi connectivity index (χ4n) is 1.55. The Bertz CT molecular complexity index is 371. The van der Waals surface area contributed by atoms with E-state index in [1.807, 2.05) is 30.3 Å². The lowest BCUT2D eigenvalue weighted by Crippen LogP contribution is -2.36. The second-order valence-electron chi connectivity index (χ2n) is 5.12. The molecule has 0 bridgehead atoms. The van der Waals surface area contributed by atoms with Crippen LogP contribution >= 0.6 is 0 Å². The van der Waals surface area contributed by atoms with Crippen molar-refractivity contribution in [1.82, 2.24) is 0 Å². The first-order valence-electron chi connectivity index (χ1n) is 6.25. The van der Waals surface area contributed by atoms with Gasteiger partial charge in [0.15, 0.2) is 0 Å². The van der Waals surface area contributed by atoms with Gasteiger partial charge in [-0.2, -0.15) is 0 Å². The van der Waals surface area contributed by atoms with Gasteiger partial charge in [-0.25, -0.2) is 0 Å². The highest BCUT2D eigenvalue weighted by Crippen LogP contribution is 2.24. The number of ether oxygens (including phenoxy) is 1. The van der Waals surface area contributed by atoms with Crippen LogP contribution in [0.1, 0.15) is 32.8 Å². The summed E-state index contributed by atoms with van der Waals surface area (Å²) < 4.78 is 5.49. The maximum absolute atomic E-state index is 11.4. The van der Waals surface area contributed by atoms with Crippen LogP contribution < -0.4 is 0 Å². The Hall–Kier alpha value is -1.19. The van der Waals surface area contributed by atoms with Gasteiger partial charge in [-0.3, -0.25) is 4.79 Å². The van der Waals surface area contributed by atoms with Crippen LogP contribution in [-0.4, -0.2) is 23.6 Å². The van der Waals surface area contributed by atoms with Crippen molar-refractivity contribution < 1.29 is 14.6 Å². The summed E-state index contributed by atoms with van der Waals surface area (Å²) in [6.07, 6.45) is -0.190. The molecule has 0 spiro atoms. The maximum atomic E-state index is 11.4. The molecule has 0 aliphatic heterocycles. The Balaban J connectivity index is 2.28. The number of aliphatic hydroxyl groups excluding tert-OH is 1. The van der Waals surface area contributed by atoms with E-state index < -0.39 is 11.5 Å². The number of carbonyl (C=O) groups excluding carboxylic acids is 1. The van der Waals surface area contributed by atoms with Gasteiger partial charge >= 0.3 is 0 Å². The van der Waals surface area contributed by atoms with E-state index in [4.69, 9.17) is 4.74 Å². The van der Waals surface area contributed by atoms with E-state index in [1.54, 1.807) is 13.8 Å². The molecule has 1 aromatic carbocycles. The largest absolute Gasteiger partial charge is 0.392 e. The number of benzene rings is 1. The predicted octanol–water partition coefficient (Wildman–Crippen LogP) is 2.57. The molecule has 100 valence electrons. The molecule has 1 N–H and O–H groups in total. The zero-order valence-electron chi connectivity index (χ0n) is 11.3. The Morgan fingerprint density at radius 1 is 1.33 bits per heavy atom. The number of hydrogen-bond donors (Lipinski definition) is 1. The lowest BCUT2D eigenvalue weighted by molar-refractivity contribution is -0.131. The number of hydrogen-bond acceptors (Lipinski definition) is 3. The molecule has 0 fully saturated rings. The SMILES string of the molecule is CC(=O)C(C)(C)C(O)CCOCc1ccccc1. The lowest BCUT2D eigenvalue weighted by atomic mass is 9.81. The smallest absolute Gasteiger partial charge is 0.137 e.